The van der Waals surface area contributed by atoms with Gasteiger partial charge in [0.05, 0.1) is 0 Å². The van der Waals surface area contributed by atoms with Gasteiger partial charge < -0.3 is 0 Å². The predicted molar refractivity (Wildman–Crippen MR) is 59.7 cm³/mol. The lowest BCUT2D eigenvalue weighted by Crippen LogP contribution is -2.08. The summed E-state index contributed by atoms with van der Waals surface area (Å²) in [7, 11) is -3.11. The van der Waals surface area contributed by atoms with Crippen molar-refractivity contribution in [2.45, 2.75) is 26.0 Å². The molecule has 0 spiro atoms. The Morgan fingerprint density at radius 2 is 1.93 bits per heavy atom. The fourth-order valence-electron chi connectivity index (χ4n) is 1.32. The van der Waals surface area contributed by atoms with E-state index in [0.29, 0.717) is 5.15 Å². The van der Waals surface area contributed by atoms with Crippen molar-refractivity contribution in [2.75, 3.05) is 6.26 Å². The van der Waals surface area contributed by atoms with Gasteiger partial charge in [0.25, 0.3) is 0 Å². The molecule has 0 amide bonds. The molecular weight excluding hydrogens is 236 g/mol. The molecule has 4 nitrogen and oxygen atoms in total. The van der Waals surface area contributed by atoms with E-state index in [-0.39, 0.29) is 11.6 Å². The molecule has 1 rings (SSSR count). The van der Waals surface area contributed by atoms with Gasteiger partial charge in [0.1, 0.15) is 16.7 Å². The quantitative estimate of drug-likeness (QED) is 0.762. The second-order valence-corrected chi connectivity index (χ2v) is 5.92. The lowest BCUT2D eigenvalue weighted by atomic mass is 10.2. The van der Waals surface area contributed by atoms with E-state index in [9.17, 15) is 8.42 Å². The summed E-state index contributed by atoms with van der Waals surface area (Å²) in [5.41, 5.74) is 1.62. The second-order valence-electron chi connectivity index (χ2n) is 3.42. The SMILES string of the molecule is CCc1c(C)nc(CS(C)(=O)=O)nc1Cl. The van der Waals surface area contributed by atoms with Crippen LogP contribution in [0.5, 0.6) is 0 Å². The van der Waals surface area contributed by atoms with Crippen LogP contribution in [-0.2, 0) is 22.0 Å². The topological polar surface area (TPSA) is 59.9 Å². The highest BCUT2D eigenvalue weighted by Crippen LogP contribution is 2.17. The van der Waals surface area contributed by atoms with Gasteiger partial charge in [-0.2, -0.15) is 0 Å². The molecule has 84 valence electrons. The summed E-state index contributed by atoms with van der Waals surface area (Å²) in [6, 6.07) is 0. The molecule has 0 saturated carbocycles. The summed E-state index contributed by atoms with van der Waals surface area (Å²) >= 11 is 5.92. The van der Waals surface area contributed by atoms with E-state index in [1.807, 2.05) is 6.92 Å². The molecule has 0 saturated heterocycles. The van der Waals surface area contributed by atoms with E-state index in [4.69, 9.17) is 11.6 Å². The monoisotopic (exact) mass is 248 g/mol. The summed E-state index contributed by atoms with van der Waals surface area (Å²) in [6.07, 6.45) is 1.89. The molecule has 1 aromatic heterocycles. The smallest absolute Gasteiger partial charge is 0.154 e. The van der Waals surface area contributed by atoms with Crippen LogP contribution in [0.25, 0.3) is 0 Å². The summed E-state index contributed by atoms with van der Waals surface area (Å²) in [6.45, 7) is 3.76. The van der Waals surface area contributed by atoms with Crippen LogP contribution in [0.2, 0.25) is 5.15 Å². The highest BCUT2D eigenvalue weighted by Gasteiger charge is 2.12. The Morgan fingerprint density at radius 3 is 2.33 bits per heavy atom. The molecule has 1 heterocycles. The number of aromatic nitrogens is 2. The lowest BCUT2D eigenvalue weighted by Gasteiger charge is -2.06. The average Bonchev–Trinajstić information content (AvgIpc) is 1.99. The van der Waals surface area contributed by atoms with Gasteiger partial charge in [0.15, 0.2) is 9.84 Å². The molecule has 0 aliphatic rings. The van der Waals surface area contributed by atoms with Crippen molar-refractivity contribution in [3.05, 3.63) is 22.2 Å². The standard InChI is InChI=1S/C9H13ClN2O2S/c1-4-7-6(2)11-8(12-9(7)10)5-15(3,13)14/h4-5H2,1-3H3. The summed E-state index contributed by atoms with van der Waals surface area (Å²) < 4.78 is 22.1. The molecule has 0 bridgehead atoms. The average molecular weight is 249 g/mol. The third kappa shape index (κ3) is 3.43. The van der Waals surface area contributed by atoms with Crippen molar-refractivity contribution in [1.82, 2.24) is 9.97 Å². The fraction of sp³-hybridized carbons (Fsp3) is 0.556. The largest absolute Gasteiger partial charge is 0.237 e. The van der Waals surface area contributed by atoms with E-state index in [0.717, 1.165) is 23.9 Å². The van der Waals surface area contributed by atoms with Crippen LogP contribution in [0.3, 0.4) is 0 Å². The number of halogens is 1. The Labute approximate surface area is 94.6 Å². The van der Waals surface area contributed by atoms with Gasteiger partial charge in [-0.1, -0.05) is 18.5 Å². The van der Waals surface area contributed by atoms with Gasteiger partial charge in [0.2, 0.25) is 0 Å². The Hall–Kier alpha value is -0.680. The van der Waals surface area contributed by atoms with Crippen molar-refractivity contribution in [3.8, 4) is 0 Å². The number of hydrogen-bond acceptors (Lipinski definition) is 4. The van der Waals surface area contributed by atoms with Crippen molar-refractivity contribution in [2.24, 2.45) is 0 Å². The van der Waals surface area contributed by atoms with Crippen molar-refractivity contribution < 1.29 is 8.42 Å². The van der Waals surface area contributed by atoms with Crippen molar-refractivity contribution >= 4 is 21.4 Å². The number of rotatable bonds is 3. The van der Waals surface area contributed by atoms with Gasteiger partial charge in [-0.3, -0.25) is 0 Å². The first kappa shape index (κ1) is 12.4. The maximum absolute atomic E-state index is 11.1. The molecule has 0 radical (unpaired) electrons. The molecule has 6 heteroatoms. The van der Waals surface area contributed by atoms with Gasteiger partial charge in [-0.15, -0.1) is 0 Å². The zero-order valence-electron chi connectivity index (χ0n) is 8.91. The third-order valence-corrected chi connectivity index (χ3v) is 3.05. The Morgan fingerprint density at radius 1 is 1.33 bits per heavy atom. The molecular formula is C9H13ClN2O2S. The second kappa shape index (κ2) is 4.45. The highest BCUT2D eigenvalue weighted by atomic mass is 35.5. The molecule has 0 N–H and O–H groups in total. The van der Waals surface area contributed by atoms with Gasteiger partial charge in [-0.25, -0.2) is 18.4 Å². The number of aryl methyl sites for hydroxylation is 1. The maximum atomic E-state index is 11.1. The molecule has 0 atom stereocenters. The Kier molecular flexibility index (Phi) is 3.67. The van der Waals surface area contributed by atoms with Crippen LogP contribution in [0.15, 0.2) is 0 Å². The van der Waals surface area contributed by atoms with Crippen LogP contribution in [0.4, 0.5) is 0 Å². The molecule has 0 aliphatic heterocycles. The number of nitrogens with zero attached hydrogens (tertiary/aromatic N) is 2. The molecule has 0 aliphatic carbocycles. The van der Waals surface area contributed by atoms with E-state index in [2.05, 4.69) is 9.97 Å². The maximum Gasteiger partial charge on any atom is 0.154 e. The summed E-state index contributed by atoms with van der Waals surface area (Å²) in [5.74, 6) is 0.0922. The predicted octanol–water partition coefficient (Wildman–Crippen LogP) is 1.55. The number of sulfone groups is 1. The first-order valence-electron chi connectivity index (χ1n) is 4.53. The minimum absolute atomic E-state index is 0.169. The first-order valence-corrected chi connectivity index (χ1v) is 6.97. The molecule has 1 aromatic rings. The Balaban J connectivity index is 3.15. The summed E-state index contributed by atoms with van der Waals surface area (Å²) in [5, 5.41) is 0.351. The van der Waals surface area contributed by atoms with E-state index in [1.165, 1.54) is 0 Å². The first-order chi connectivity index (χ1) is 6.83. The fourth-order valence-corrected chi connectivity index (χ4v) is 2.28. The lowest BCUT2D eigenvalue weighted by molar-refractivity contribution is 0.599. The Bertz CT molecular complexity index is 448. The number of hydrogen-bond donors (Lipinski definition) is 0. The van der Waals surface area contributed by atoms with Crippen LogP contribution >= 0.6 is 11.6 Å². The molecule has 15 heavy (non-hydrogen) atoms. The highest BCUT2D eigenvalue weighted by molar-refractivity contribution is 7.89. The van der Waals surface area contributed by atoms with Crippen LogP contribution < -0.4 is 0 Å². The van der Waals surface area contributed by atoms with Crippen LogP contribution in [0.1, 0.15) is 24.0 Å². The normalized spacial score (nSPS) is 11.7. The van der Waals surface area contributed by atoms with E-state index >= 15 is 0 Å². The zero-order chi connectivity index (χ0) is 11.6. The molecule has 0 fully saturated rings. The van der Waals surface area contributed by atoms with Crippen LogP contribution in [-0.4, -0.2) is 24.6 Å². The van der Waals surface area contributed by atoms with E-state index < -0.39 is 9.84 Å². The van der Waals surface area contributed by atoms with E-state index in [1.54, 1.807) is 6.92 Å². The van der Waals surface area contributed by atoms with Gasteiger partial charge >= 0.3 is 0 Å². The minimum Gasteiger partial charge on any atom is -0.237 e. The van der Waals surface area contributed by atoms with Gasteiger partial charge in [-0.05, 0) is 13.3 Å². The van der Waals surface area contributed by atoms with Gasteiger partial charge in [0, 0.05) is 17.5 Å². The molecule has 0 aromatic carbocycles. The zero-order valence-corrected chi connectivity index (χ0v) is 10.5. The van der Waals surface area contributed by atoms with Crippen LogP contribution in [0, 0.1) is 6.92 Å². The third-order valence-electron chi connectivity index (χ3n) is 1.95. The molecule has 0 unspecified atom stereocenters. The minimum atomic E-state index is -3.11. The van der Waals surface area contributed by atoms with Crippen molar-refractivity contribution in [3.63, 3.8) is 0 Å². The summed E-state index contributed by atoms with van der Waals surface area (Å²) in [4.78, 5) is 8.08. The van der Waals surface area contributed by atoms with Crippen molar-refractivity contribution in [1.29, 1.82) is 0 Å².